The van der Waals surface area contributed by atoms with E-state index in [0.29, 0.717) is 18.1 Å². The maximum atomic E-state index is 12.2. The van der Waals surface area contributed by atoms with Gasteiger partial charge in [-0.05, 0) is 18.2 Å². The molecule has 0 aliphatic heterocycles. The van der Waals surface area contributed by atoms with Crippen LogP contribution in [0.5, 0.6) is 0 Å². The van der Waals surface area contributed by atoms with Gasteiger partial charge in [0.25, 0.3) is 11.5 Å². The van der Waals surface area contributed by atoms with Crippen LogP contribution in [0, 0.1) is 0 Å². The highest BCUT2D eigenvalue weighted by Crippen LogP contribution is 2.07. The number of thioether (sulfide) groups is 1. The Morgan fingerprint density at radius 2 is 2.25 bits per heavy atom. The Hall–Kier alpha value is -0.880. The van der Waals surface area contributed by atoms with Gasteiger partial charge < -0.3 is 5.32 Å². The minimum absolute atomic E-state index is 0.313. The van der Waals surface area contributed by atoms with Gasteiger partial charge in [-0.2, -0.15) is 0 Å². The molecule has 1 rings (SSSR count). The first kappa shape index (κ1) is 13.2. The monoisotopic (exact) mass is 263 g/mol. The molecule has 1 N–H and O–H groups in total. The maximum Gasteiger partial charge on any atom is 0.270 e. The summed E-state index contributed by atoms with van der Waals surface area (Å²) in [6, 6.07) is 0. The predicted molar refractivity (Wildman–Crippen MR) is 61.3 cm³/mol. The summed E-state index contributed by atoms with van der Waals surface area (Å²) in [5.41, 5.74) is -1.11. The second-order valence-electron chi connectivity index (χ2n) is 2.92. The lowest BCUT2D eigenvalue weighted by molar-refractivity contribution is -0.123. The fourth-order valence-electron chi connectivity index (χ4n) is 0.985. The normalized spacial score (nSPS) is 12.2. The lowest BCUT2D eigenvalue weighted by Crippen LogP contribution is -2.30. The molecule has 0 aromatic carbocycles. The summed E-state index contributed by atoms with van der Waals surface area (Å²) in [6.07, 6.45) is 5.79. The smallest absolute Gasteiger partial charge is 0.270 e. The molecule has 1 unspecified atom stereocenters. The van der Waals surface area contributed by atoms with Crippen LogP contribution >= 0.6 is 23.4 Å². The van der Waals surface area contributed by atoms with Gasteiger partial charge in [-0.25, -0.2) is 14.4 Å². The summed E-state index contributed by atoms with van der Waals surface area (Å²) in [5, 5.41) is 3.04. The van der Waals surface area contributed by atoms with Crippen molar-refractivity contribution in [1.82, 2.24) is 15.3 Å². The zero-order chi connectivity index (χ0) is 12.0. The molecule has 16 heavy (non-hydrogen) atoms. The van der Waals surface area contributed by atoms with Gasteiger partial charge in [-0.15, -0.1) is 0 Å². The lowest BCUT2D eigenvalue weighted by atomic mass is 10.2. The second-order valence-corrected chi connectivity index (χ2v) is 4.08. The fourth-order valence-corrected chi connectivity index (χ4v) is 1.38. The van der Waals surface area contributed by atoms with E-state index in [1.807, 2.05) is 6.26 Å². The first-order chi connectivity index (χ1) is 7.63. The third kappa shape index (κ3) is 4.32. The Morgan fingerprint density at radius 3 is 2.75 bits per heavy atom. The average Bonchev–Trinajstić information content (AvgIpc) is 2.29. The van der Waals surface area contributed by atoms with Crippen LogP contribution in [0.4, 0.5) is 4.39 Å². The van der Waals surface area contributed by atoms with E-state index in [1.165, 1.54) is 11.8 Å². The van der Waals surface area contributed by atoms with Crippen molar-refractivity contribution >= 4 is 29.3 Å². The SMILES string of the molecule is CSc1ncc(CCNC(=O)C(F)Cl)cn1. The molecular formula is C9H11ClFN3OS. The van der Waals surface area contributed by atoms with Gasteiger partial charge >= 0.3 is 0 Å². The van der Waals surface area contributed by atoms with E-state index in [-0.39, 0.29) is 0 Å². The number of nitrogens with zero attached hydrogens (tertiary/aromatic N) is 2. The van der Waals surface area contributed by atoms with Gasteiger partial charge in [0.15, 0.2) is 5.16 Å². The van der Waals surface area contributed by atoms with Crippen molar-refractivity contribution in [3.8, 4) is 0 Å². The average molecular weight is 264 g/mol. The Labute approximate surface area is 102 Å². The van der Waals surface area contributed by atoms with Crippen LogP contribution < -0.4 is 5.32 Å². The molecule has 0 radical (unpaired) electrons. The number of carbonyl (C=O) groups excluding carboxylic acids is 1. The molecule has 0 saturated carbocycles. The van der Waals surface area contributed by atoms with Crippen LogP contribution in [-0.4, -0.2) is 34.3 Å². The summed E-state index contributed by atoms with van der Waals surface area (Å²) < 4.78 is 12.2. The van der Waals surface area contributed by atoms with Crippen molar-refractivity contribution in [2.75, 3.05) is 12.8 Å². The number of hydrogen-bond donors (Lipinski definition) is 1. The summed E-state index contributed by atoms with van der Waals surface area (Å²) in [5.74, 6) is -0.816. The highest BCUT2D eigenvalue weighted by atomic mass is 35.5. The standard InChI is InChI=1S/C9H11ClFN3OS/c1-16-9-13-4-6(5-14-9)2-3-12-8(15)7(10)11/h4-5,7H,2-3H2,1H3,(H,12,15). The Kier molecular flexibility index (Phi) is 5.48. The number of carbonyl (C=O) groups is 1. The number of halogens is 2. The van der Waals surface area contributed by atoms with Gasteiger partial charge in [0.05, 0.1) is 0 Å². The van der Waals surface area contributed by atoms with Crippen LogP contribution in [0.2, 0.25) is 0 Å². The van der Waals surface area contributed by atoms with Gasteiger partial charge in [-0.1, -0.05) is 23.4 Å². The number of amides is 1. The number of nitrogens with one attached hydrogen (secondary N) is 1. The van der Waals surface area contributed by atoms with Gasteiger partial charge in [0, 0.05) is 18.9 Å². The summed E-state index contributed by atoms with van der Waals surface area (Å²) in [7, 11) is 0. The summed E-state index contributed by atoms with van der Waals surface area (Å²) >= 11 is 6.39. The highest BCUT2D eigenvalue weighted by molar-refractivity contribution is 7.98. The van der Waals surface area contributed by atoms with E-state index in [2.05, 4.69) is 15.3 Å². The van der Waals surface area contributed by atoms with Crippen LogP contribution in [0.1, 0.15) is 5.56 Å². The van der Waals surface area contributed by atoms with Crippen molar-refractivity contribution in [1.29, 1.82) is 0 Å². The Balaban J connectivity index is 2.34. The molecule has 1 heterocycles. The predicted octanol–water partition coefficient (Wildman–Crippen LogP) is 1.39. The molecule has 0 bridgehead atoms. The van der Waals surface area contributed by atoms with Crippen molar-refractivity contribution in [3.05, 3.63) is 18.0 Å². The number of hydrogen-bond acceptors (Lipinski definition) is 4. The minimum Gasteiger partial charge on any atom is -0.352 e. The summed E-state index contributed by atoms with van der Waals surface area (Å²) in [4.78, 5) is 18.9. The fraction of sp³-hybridized carbons (Fsp3) is 0.444. The van der Waals surface area contributed by atoms with Crippen molar-refractivity contribution in [2.45, 2.75) is 17.2 Å². The first-order valence-corrected chi connectivity index (χ1v) is 6.20. The molecule has 1 amide bonds. The lowest BCUT2D eigenvalue weighted by Gasteiger charge is -2.04. The molecule has 0 spiro atoms. The van der Waals surface area contributed by atoms with Crippen LogP contribution in [0.3, 0.4) is 0 Å². The van der Waals surface area contributed by atoms with Gasteiger partial charge in [-0.3, -0.25) is 4.79 Å². The molecule has 1 aromatic rings. The maximum absolute atomic E-state index is 12.2. The zero-order valence-electron chi connectivity index (χ0n) is 8.61. The molecule has 1 aromatic heterocycles. The largest absolute Gasteiger partial charge is 0.352 e. The van der Waals surface area contributed by atoms with E-state index < -0.39 is 11.5 Å². The highest BCUT2D eigenvalue weighted by Gasteiger charge is 2.11. The quantitative estimate of drug-likeness (QED) is 0.496. The van der Waals surface area contributed by atoms with E-state index in [9.17, 15) is 9.18 Å². The van der Waals surface area contributed by atoms with Crippen LogP contribution in [0.15, 0.2) is 17.6 Å². The first-order valence-electron chi connectivity index (χ1n) is 4.54. The van der Waals surface area contributed by atoms with E-state index in [0.717, 1.165) is 5.56 Å². The molecule has 7 heteroatoms. The van der Waals surface area contributed by atoms with Crippen molar-refractivity contribution < 1.29 is 9.18 Å². The van der Waals surface area contributed by atoms with Crippen molar-refractivity contribution in [2.24, 2.45) is 0 Å². The molecule has 4 nitrogen and oxygen atoms in total. The second kappa shape index (κ2) is 6.65. The number of alkyl halides is 2. The topological polar surface area (TPSA) is 54.9 Å². The number of rotatable bonds is 5. The third-order valence-electron chi connectivity index (χ3n) is 1.78. The molecule has 1 atom stereocenters. The Bertz CT molecular complexity index is 347. The molecule has 0 fully saturated rings. The van der Waals surface area contributed by atoms with Crippen molar-refractivity contribution in [3.63, 3.8) is 0 Å². The molecule has 0 saturated heterocycles. The van der Waals surface area contributed by atoms with Crippen LogP contribution in [0.25, 0.3) is 0 Å². The number of aromatic nitrogens is 2. The Morgan fingerprint density at radius 1 is 1.62 bits per heavy atom. The van der Waals surface area contributed by atoms with E-state index >= 15 is 0 Å². The zero-order valence-corrected chi connectivity index (χ0v) is 10.2. The van der Waals surface area contributed by atoms with E-state index in [1.54, 1.807) is 12.4 Å². The molecule has 88 valence electrons. The molecule has 0 aliphatic rings. The van der Waals surface area contributed by atoms with Crippen LogP contribution in [-0.2, 0) is 11.2 Å². The third-order valence-corrected chi connectivity index (χ3v) is 2.55. The van der Waals surface area contributed by atoms with Gasteiger partial charge in [0.1, 0.15) is 0 Å². The van der Waals surface area contributed by atoms with E-state index in [4.69, 9.17) is 11.6 Å². The van der Waals surface area contributed by atoms with Gasteiger partial charge in [0.2, 0.25) is 0 Å². The molecule has 0 aliphatic carbocycles. The minimum atomic E-state index is -1.99. The molecular weight excluding hydrogens is 253 g/mol. The summed E-state index contributed by atoms with van der Waals surface area (Å²) in [6.45, 7) is 0.313.